The van der Waals surface area contributed by atoms with E-state index in [2.05, 4.69) is 15.2 Å². The Morgan fingerprint density at radius 3 is 2.85 bits per heavy atom. The fraction of sp³-hybridized carbons (Fsp3) is 0.421. The van der Waals surface area contributed by atoms with Crippen LogP contribution in [0, 0.1) is 0 Å². The predicted octanol–water partition coefficient (Wildman–Crippen LogP) is 2.68. The van der Waals surface area contributed by atoms with Crippen molar-refractivity contribution in [2.24, 2.45) is 0 Å². The van der Waals surface area contributed by atoms with Crippen LogP contribution in [0.5, 0.6) is 0 Å². The molecule has 1 aromatic heterocycles. The summed E-state index contributed by atoms with van der Waals surface area (Å²) < 4.78 is 1.79. The number of hydrogen-bond acceptors (Lipinski definition) is 5. The quantitative estimate of drug-likeness (QED) is 0.565. The van der Waals surface area contributed by atoms with E-state index in [9.17, 15) is 9.59 Å². The lowest BCUT2D eigenvalue weighted by Crippen LogP contribution is -2.31. The van der Waals surface area contributed by atoms with Crippen LogP contribution in [0.2, 0.25) is 5.02 Å². The molecule has 3 rings (SSSR count). The number of rotatable bonds is 7. The Hall–Kier alpha value is -1.83. The number of para-hydroxylation sites is 1. The molecular weight excluding hydrogens is 384 g/mol. The van der Waals surface area contributed by atoms with Crippen LogP contribution in [-0.2, 0) is 24.2 Å². The summed E-state index contributed by atoms with van der Waals surface area (Å²) in [5.74, 6) is 0.0182. The fourth-order valence-electron chi connectivity index (χ4n) is 3.12. The van der Waals surface area contributed by atoms with Crippen LogP contribution in [-0.4, -0.2) is 46.8 Å². The first-order valence-corrected chi connectivity index (χ1v) is 10.3. The number of likely N-dealkylation sites (N-methyl/N-ethyl adjacent to an activating group) is 1. The largest absolute Gasteiger partial charge is 0.348 e. The first kappa shape index (κ1) is 19.9. The number of carbonyl (C=O) groups is 1. The summed E-state index contributed by atoms with van der Waals surface area (Å²) in [6.45, 7) is 1.43. The highest BCUT2D eigenvalue weighted by molar-refractivity contribution is 8.00. The van der Waals surface area contributed by atoms with Gasteiger partial charge in [-0.1, -0.05) is 35.5 Å². The lowest BCUT2D eigenvalue weighted by atomic mass is 10.2. The molecule has 27 heavy (non-hydrogen) atoms. The third kappa shape index (κ3) is 4.91. The van der Waals surface area contributed by atoms with Crippen molar-refractivity contribution in [3.05, 3.63) is 51.0 Å². The Bertz CT molecular complexity index is 898. The van der Waals surface area contributed by atoms with Crippen molar-refractivity contribution in [1.29, 1.82) is 0 Å². The topological polar surface area (TPSA) is 67.2 Å². The molecule has 1 aromatic carbocycles. The van der Waals surface area contributed by atoms with Crippen molar-refractivity contribution in [3.8, 4) is 0 Å². The lowest BCUT2D eigenvalue weighted by Gasteiger charge is -2.16. The normalized spacial score (nSPS) is 13.0. The van der Waals surface area contributed by atoms with Crippen LogP contribution in [0.1, 0.15) is 17.7 Å². The molecule has 0 unspecified atom stereocenters. The molecular formula is C19H23ClN4O2S. The van der Waals surface area contributed by atoms with E-state index in [0.717, 1.165) is 37.1 Å². The van der Waals surface area contributed by atoms with Gasteiger partial charge in [0.05, 0.1) is 16.5 Å². The molecule has 0 fully saturated rings. The maximum Gasteiger partial charge on any atom is 0.348 e. The summed E-state index contributed by atoms with van der Waals surface area (Å²) in [6, 6.07) is 7.11. The van der Waals surface area contributed by atoms with Crippen LogP contribution in [0.4, 0.5) is 5.69 Å². The summed E-state index contributed by atoms with van der Waals surface area (Å²) >= 11 is 7.39. The van der Waals surface area contributed by atoms with Gasteiger partial charge in [-0.05, 0) is 45.5 Å². The van der Waals surface area contributed by atoms with E-state index in [1.54, 1.807) is 16.7 Å². The first-order valence-electron chi connectivity index (χ1n) is 8.90. The van der Waals surface area contributed by atoms with Crippen LogP contribution < -0.4 is 11.0 Å². The van der Waals surface area contributed by atoms with Crippen molar-refractivity contribution in [2.75, 3.05) is 31.7 Å². The highest BCUT2D eigenvalue weighted by Crippen LogP contribution is 2.29. The molecule has 0 bridgehead atoms. The number of hydrogen-bond donors (Lipinski definition) is 1. The average Bonchev–Trinajstić information content (AvgIpc) is 3.10. The van der Waals surface area contributed by atoms with Gasteiger partial charge in [-0.25, -0.2) is 4.79 Å². The molecule has 0 aliphatic heterocycles. The summed E-state index contributed by atoms with van der Waals surface area (Å²) in [5.41, 5.74) is 2.54. The van der Waals surface area contributed by atoms with Gasteiger partial charge in [0.1, 0.15) is 5.03 Å². The molecule has 1 heterocycles. The van der Waals surface area contributed by atoms with Gasteiger partial charge in [0.15, 0.2) is 0 Å². The molecule has 1 N–H and O–H groups in total. The molecule has 0 saturated heterocycles. The van der Waals surface area contributed by atoms with Crippen molar-refractivity contribution in [1.82, 2.24) is 14.5 Å². The van der Waals surface area contributed by atoms with Gasteiger partial charge in [-0.15, -0.1) is 0 Å². The number of anilines is 1. The molecule has 6 nitrogen and oxygen atoms in total. The number of aromatic nitrogens is 2. The van der Waals surface area contributed by atoms with Gasteiger partial charge in [0.2, 0.25) is 5.91 Å². The third-order valence-electron chi connectivity index (χ3n) is 4.46. The summed E-state index contributed by atoms with van der Waals surface area (Å²) in [5, 5.41) is 3.98. The number of halogens is 1. The Labute approximate surface area is 167 Å². The van der Waals surface area contributed by atoms with Crippen LogP contribution >= 0.6 is 23.4 Å². The molecule has 0 radical (unpaired) electrons. The minimum atomic E-state index is -0.230. The van der Waals surface area contributed by atoms with Gasteiger partial charge in [0, 0.05) is 24.3 Å². The number of amides is 1. The number of benzene rings is 1. The molecule has 0 atom stereocenters. The predicted molar refractivity (Wildman–Crippen MR) is 110 cm³/mol. The number of nitrogens with one attached hydrogen (secondary N) is 1. The molecule has 144 valence electrons. The molecule has 0 spiro atoms. The summed E-state index contributed by atoms with van der Waals surface area (Å²) in [6.07, 6.45) is 2.81. The zero-order chi connectivity index (χ0) is 19.4. The lowest BCUT2D eigenvalue weighted by molar-refractivity contribution is -0.113. The Morgan fingerprint density at radius 2 is 2.11 bits per heavy atom. The monoisotopic (exact) mass is 406 g/mol. The minimum absolute atomic E-state index is 0.168. The van der Waals surface area contributed by atoms with E-state index < -0.39 is 0 Å². The molecule has 2 aromatic rings. The van der Waals surface area contributed by atoms with E-state index in [1.165, 1.54) is 11.8 Å². The number of thioether (sulfide) groups is 1. The third-order valence-corrected chi connectivity index (χ3v) is 5.81. The molecule has 8 heteroatoms. The highest BCUT2D eigenvalue weighted by atomic mass is 35.5. The van der Waals surface area contributed by atoms with E-state index in [1.807, 2.05) is 26.2 Å². The molecule has 0 saturated carbocycles. The van der Waals surface area contributed by atoms with Gasteiger partial charge >= 0.3 is 5.69 Å². The molecule has 1 amide bonds. The number of fused-ring (bicyclic) bond motifs is 1. The molecule has 1 aliphatic rings. The van der Waals surface area contributed by atoms with Crippen molar-refractivity contribution in [2.45, 2.75) is 30.8 Å². The Balaban J connectivity index is 1.71. The van der Waals surface area contributed by atoms with Crippen LogP contribution in [0.25, 0.3) is 0 Å². The highest BCUT2D eigenvalue weighted by Gasteiger charge is 2.22. The zero-order valence-electron chi connectivity index (χ0n) is 15.5. The number of nitrogens with zero attached hydrogens (tertiary/aromatic N) is 3. The van der Waals surface area contributed by atoms with Crippen LogP contribution in [0.15, 0.2) is 34.1 Å². The maximum atomic E-state index is 12.5. The minimum Gasteiger partial charge on any atom is -0.324 e. The Morgan fingerprint density at radius 1 is 1.33 bits per heavy atom. The smallest absolute Gasteiger partial charge is 0.324 e. The average molecular weight is 407 g/mol. The van der Waals surface area contributed by atoms with Crippen LogP contribution in [0.3, 0.4) is 0 Å². The van der Waals surface area contributed by atoms with Gasteiger partial charge < -0.3 is 10.2 Å². The van der Waals surface area contributed by atoms with E-state index in [4.69, 9.17) is 11.6 Å². The second-order valence-electron chi connectivity index (χ2n) is 6.75. The zero-order valence-corrected chi connectivity index (χ0v) is 17.1. The van der Waals surface area contributed by atoms with E-state index >= 15 is 0 Å². The summed E-state index contributed by atoms with van der Waals surface area (Å²) in [7, 11) is 3.97. The second kappa shape index (κ2) is 8.91. The van der Waals surface area contributed by atoms with E-state index in [0.29, 0.717) is 22.3 Å². The van der Waals surface area contributed by atoms with Crippen molar-refractivity contribution < 1.29 is 4.79 Å². The van der Waals surface area contributed by atoms with Crippen molar-refractivity contribution in [3.63, 3.8) is 0 Å². The Kier molecular flexibility index (Phi) is 6.57. The maximum absolute atomic E-state index is 12.5. The van der Waals surface area contributed by atoms with Gasteiger partial charge in [-0.3, -0.25) is 9.36 Å². The second-order valence-corrected chi connectivity index (χ2v) is 8.12. The van der Waals surface area contributed by atoms with E-state index in [-0.39, 0.29) is 17.3 Å². The number of carbonyl (C=O) groups excluding carboxylic acids is 1. The first-order chi connectivity index (χ1) is 13.0. The standard InChI is InChI=1S/C19H23ClN4O2S/c1-23(2)10-11-24-16-9-5-6-13(16)18(22-19(24)26)27-12-17(25)21-15-8-4-3-7-14(15)20/h3-4,7-8H,5-6,9-12H2,1-2H3,(H,21,25). The van der Waals surface area contributed by atoms with Crippen molar-refractivity contribution >= 4 is 35.0 Å². The van der Waals surface area contributed by atoms with Gasteiger partial charge in [0.25, 0.3) is 0 Å². The molecule has 1 aliphatic carbocycles. The summed E-state index contributed by atoms with van der Waals surface area (Å²) in [4.78, 5) is 31.1. The fourth-order valence-corrected chi connectivity index (χ4v) is 4.18. The van der Waals surface area contributed by atoms with Gasteiger partial charge in [-0.2, -0.15) is 4.98 Å². The SMILES string of the molecule is CN(C)CCn1c2c(c(SCC(=O)Nc3ccccc3Cl)nc1=O)CCC2.